The molecule has 0 radical (unpaired) electrons. The van der Waals surface area contributed by atoms with E-state index in [1.807, 2.05) is 0 Å². The molecule has 1 aromatic heterocycles. The van der Waals surface area contributed by atoms with Crippen LogP contribution in [0.1, 0.15) is 36.2 Å². The summed E-state index contributed by atoms with van der Waals surface area (Å²) in [4.78, 5) is 23.2. The molecular formula is C19H20FNO5. The molecule has 1 spiro atoms. The molecule has 7 heteroatoms. The average Bonchev–Trinajstić information content (AvgIpc) is 3.04. The van der Waals surface area contributed by atoms with Crippen LogP contribution in [-0.4, -0.2) is 36.2 Å². The molecule has 2 N–H and O–H groups in total. The van der Waals surface area contributed by atoms with Crippen molar-refractivity contribution in [2.75, 3.05) is 13.2 Å². The molecule has 1 atom stereocenters. The van der Waals surface area contributed by atoms with Crippen molar-refractivity contribution < 1.29 is 28.2 Å². The molecule has 1 aliphatic carbocycles. The monoisotopic (exact) mass is 361 g/mol. The molecule has 2 fully saturated rings. The van der Waals surface area contributed by atoms with Gasteiger partial charge in [0, 0.05) is 11.9 Å². The molecule has 4 rings (SSSR count). The molecule has 1 unspecified atom stereocenters. The largest absolute Gasteiger partial charge is 0.481 e. The normalized spacial score (nSPS) is 28.0. The highest BCUT2D eigenvalue weighted by atomic mass is 19.1. The van der Waals surface area contributed by atoms with Gasteiger partial charge in [-0.1, -0.05) is 12.1 Å². The van der Waals surface area contributed by atoms with Gasteiger partial charge in [0.05, 0.1) is 18.6 Å². The first-order valence-electron chi connectivity index (χ1n) is 8.76. The zero-order valence-corrected chi connectivity index (χ0v) is 14.2. The van der Waals surface area contributed by atoms with Crippen LogP contribution in [0.15, 0.2) is 28.7 Å². The number of furan rings is 1. The number of fused-ring (bicyclic) bond motifs is 1. The van der Waals surface area contributed by atoms with Crippen molar-refractivity contribution in [2.45, 2.75) is 31.8 Å². The van der Waals surface area contributed by atoms with Gasteiger partial charge in [0.2, 0.25) is 0 Å². The molecule has 26 heavy (non-hydrogen) atoms. The van der Waals surface area contributed by atoms with Crippen LogP contribution in [0, 0.1) is 17.2 Å². The third-order valence-corrected chi connectivity index (χ3v) is 5.54. The quantitative estimate of drug-likeness (QED) is 0.874. The van der Waals surface area contributed by atoms with Gasteiger partial charge in [0.25, 0.3) is 5.91 Å². The minimum Gasteiger partial charge on any atom is -0.481 e. The number of hydrogen-bond acceptors (Lipinski definition) is 4. The molecule has 2 aliphatic rings. The summed E-state index contributed by atoms with van der Waals surface area (Å²) in [7, 11) is 0. The molecule has 1 aliphatic heterocycles. The SMILES string of the molecule is O=C(NCC1CCC2(CO1)CC(C(=O)O)C2)c1cc2cccc(F)c2o1. The maximum Gasteiger partial charge on any atom is 0.306 e. The predicted molar refractivity (Wildman–Crippen MR) is 90.3 cm³/mol. The smallest absolute Gasteiger partial charge is 0.306 e. The lowest BCUT2D eigenvalue weighted by atomic mass is 9.59. The van der Waals surface area contributed by atoms with Gasteiger partial charge < -0.3 is 19.6 Å². The minimum absolute atomic E-state index is 0.000171. The lowest BCUT2D eigenvalue weighted by Crippen LogP contribution is -2.49. The van der Waals surface area contributed by atoms with E-state index >= 15 is 0 Å². The highest BCUT2D eigenvalue weighted by Gasteiger charge is 2.49. The second-order valence-corrected chi connectivity index (χ2v) is 7.39. The predicted octanol–water partition coefficient (Wildman–Crippen LogP) is 2.96. The topological polar surface area (TPSA) is 88.8 Å². The summed E-state index contributed by atoms with van der Waals surface area (Å²) in [5.74, 6) is -1.81. The molecule has 2 heterocycles. The van der Waals surface area contributed by atoms with Crippen molar-refractivity contribution in [3.63, 3.8) is 0 Å². The molecular weight excluding hydrogens is 341 g/mol. The molecule has 1 amide bonds. The van der Waals surface area contributed by atoms with Crippen LogP contribution in [0.3, 0.4) is 0 Å². The fraction of sp³-hybridized carbons (Fsp3) is 0.474. The molecule has 1 saturated heterocycles. The molecule has 2 aromatic rings. The third-order valence-electron chi connectivity index (χ3n) is 5.54. The maximum atomic E-state index is 13.6. The standard InChI is InChI=1S/C19H20FNO5/c20-14-3-1-2-11-6-15(26-16(11)14)17(22)21-9-13-4-5-19(10-25-13)7-12(8-19)18(23)24/h1-3,6,12-13H,4-5,7-10H2,(H,21,22)(H,23,24). The molecule has 1 aromatic carbocycles. The Balaban J connectivity index is 1.29. The van der Waals surface area contributed by atoms with Crippen molar-refractivity contribution in [1.82, 2.24) is 5.32 Å². The summed E-state index contributed by atoms with van der Waals surface area (Å²) < 4.78 is 24.8. The van der Waals surface area contributed by atoms with Crippen LogP contribution < -0.4 is 5.32 Å². The van der Waals surface area contributed by atoms with Gasteiger partial charge >= 0.3 is 5.97 Å². The average molecular weight is 361 g/mol. The number of aliphatic carboxylic acids is 1. The van der Waals surface area contributed by atoms with Crippen LogP contribution >= 0.6 is 0 Å². The Morgan fingerprint density at radius 2 is 2.15 bits per heavy atom. The van der Waals surface area contributed by atoms with E-state index in [1.165, 1.54) is 12.1 Å². The van der Waals surface area contributed by atoms with Gasteiger partial charge in [-0.3, -0.25) is 9.59 Å². The Hall–Kier alpha value is -2.41. The van der Waals surface area contributed by atoms with Gasteiger partial charge in [-0.2, -0.15) is 0 Å². The number of carboxylic acid groups (broad SMARTS) is 1. The second-order valence-electron chi connectivity index (χ2n) is 7.39. The number of halogens is 1. The van der Waals surface area contributed by atoms with E-state index in [9.17, 15) is 14.0 Å². The maximum absolute atomic E-state index is 13.6. The molecule has 6 nitrogen and oxygen atoms in total. The Labute approximate surface area is 149 Å². The van der Waals surface area contributed by atoms with Crippen LogP contribution in [0.4, 0.5) is 4.39 Å². The zero-order valence-electron chi connectivity index (χ0n) is 14.2. The van der Waals surface area contributed by atoms with Crippen molar-refractivity contribution in [3.05, 3.63) is 35.8 Å². The summed E-state index contributed by atoms with van der Waals surface area (Å²) in [5.41, 5.74) is 0.0753. The summed E-state index contributed by atoms with van der Waals surface area (Å²) in [5, 5.41) is 12.3. The van der Waals surface area contributed by atoms with Crippen LogP contribution in [0.2, 0.25) is 0 Å². The lowest BCUT2D eigenvalue weighted by molar-refractivity contribution is -0.161. The Bertz CT molecular complexity index is 845. The van der Waals surface area contributed by atoms with Gasteiger partial charge in [0.15, 0.2) is 17.2 Å². The van der Waals surface area contributed by atoms with Crippen molar-refractivity contribution in [3.8, 4) is 0 Å². The van der Waals surface area contributed by atoms with Gasteiger partial charge in [-0.05, 0) is 43.2 Å². The van der Waals surface area contributed by atoms with Crippen molar-refractivity contribution in [2.24, 2.45) is 11.3 Å². The third kappa shape index (κ3) is 3.07. The number of hydrogen-bond donors (Lipinski definition) is 2. The number of ether oxygens (including phenoxy) is 1. The summed E-state index contributed by atoms with van der Waals surface area (Å²) >= 11 is 0. The fourth-order valence-electron chi connectivity index (χ4n) is 3.99. The summed E-state index contributed by atoms with van der Waals surface area (Å²) in [6, 6.07) is 6.06. The number of carbonyl (C=O) groups is 2. The number of carboxylic acids is 1. The van der Waals surface area contributed by atoms with E-state index in [-0.39, 0.29) is 28.8 Å². The highest BCUT2D eigenvalue weighted by molar-refractivity contribution is 5.96. The Kier molecular flexibility index (Phi) is 4.19. The number of benzene rings is 1. The van der Waals surface area contributed by atoms with Crippen LogP contribution in [-0.2, 0) is 9.53 Å². The fourth-order valence-corrected chi connectivity index (χ4v) is 3.99. The van der Waals surface area contributed by atoms with Crippen molar-refractivity contribution in [1.29, 1.82) is 0 Å². The number of amides is 1. The van der Waals surface area contributed by atoms with Crippen LogP contribution in [0.5, 0.6) is 0 Å². The van der Waals surface area contributed by atoms with Crippen molar-refractivity contribution >= 4 is 22.8 Å². The summed E-state index contributed by atoms with van der Waals surface area (Å²) in [6.07, 6.45) is 2.93. The first-order valence-corrected chi connectivity index (χ1v) is 8.76. The Morgan fingerprint density at radius 1 is 1.35 bits per heavy atom. The van der Waals surface area contributed by atoms with Gasteiger partial charge in [-0.25, -0.2) is 4.39 Å². The number of para-hydroxylation sites is 1. The van der Waals surface area contributed by atoms with E-state index < -0.39 is 17.7 Å². The molecule has 138 valence electrons. The van der Waals surface area contributed by atoms with E-state index in [4.69, 9.17) is 14.3 Å². The van der Waals surface area contributed by atoms with E-state index in [1.54, 1.807) is 12.1 Å². The first-order chi connectivity index (χ1) is 12.5. The van der Waals surface area contributed by atoms with Gasteiger partial charge in [-0.15, -0.1) is 0 Å². The second kappa shape index (κ2) is 6.39. The number of rotatable bonds is 4. The van der Waals surface area contributed by atoms with Gasteiger partial charge in [0.1, 0.15) is 0 Å². The Morgan fingerprint density at radius 3 is 2.81 bits per heavy atom. The first kappa shape index (κ1) is 17.0. The lowest BCUT2D eigenvalue weighted by Gasteiger charge is -2.49. The van der Waals surface area contributed by atoms with E-state index in [0.29, 0.717) is 31.4 Å². The zero-order chi connectivity index (χ0) is 18.3. The minimum atomic E-state index is -0.729. The van der Waals surface area contributed by atoms with E-state index in [2.05, 4.69) is 5.32 Å². The van der Waals surface area contributed by atoms with Crippen LogP contribution in [0.25, 0.3) is 11.0 Å². The molecule has 1 saturated carbocycles. The summed E-state index contributed by atoms with van der Waals surface area (Å²) in [6.45, 7) is 0.879. The number of nitrogens with one attached hydrogen (secondary N) is 1. The number of carbonyl (C=O) groups excluding carboxylic acids is 1. The highest BCUT2D eigenvalue weighted by Crippen LogP contribution is 2.51. The van der Waals surface area contributed by atoms with E-state index in [0.717, 1.165) is 12.8 Å². The molecule has 0 bridgehead atoms.